The lowest BCUT2D eigenvalue weighted by Crippen LogP contribution is -1.96. The van der Waals surface area contributed by atoms with Crippen molar-refractivity contribution in [3.05, 3.63) is 103 Å². The summed E-state index contributed by atoms with van der Waals surface area (Å²) < 4.78 is 5.42. The lowest BCUT2D eigenvalue weighted by atomic mass is 9.93. The first kappa shape index (κ1) is 17.9. The maximum atomic E-state index is 5.42. The summed E-state index contributed by atoms with van der Waals surface area (Å²) in [5.41, 5.74) is 6.73. The number of anilines is 2. The monoisotopic (exact) mass is 365 g/mol. The molecule has 0 atom stereocenters. The highest BCUT2D eigenvalue weighted by Crippen LogP contribution is 2.37. The number of hydrogen-bond donors (Lipinski definition) is 1. The zero-order valence-corrected chi connectivity index (χ0v) is 16.2. The molecular formula is C26H23NO. The zero-order chi connectivity index (χ0) is 19.5. The number of hydrogen-bond acceptors (Lipinski definition) is 2. The molecule has 4 rings (SSSR count). The number of benzene rings is 4. The van der Waals surface area contributed by atoms with Gasteiger partial charge < -0.3 is 10.1 Å². The minimum atomic E-state index is 0.668. The molecule has 2 nitrogen and oxygen atoms in total. The number of nitrogens with one attached hydrogen (secondary N) is 1. The van der Waals surface area contributed by atoms with E-state index in [0.717, 1.165) is 22.5 Å². The van der Waals surface area contributed by atoms with E-state index in [1.54, 1.807) is 7.11 Å². The van der Waals surface area contributed by atoms with Crippen molar-refractivity contribution >= 4 is 27.9 Å². The van der Waals surface area contributed by atoms with Crippen LogP contribution in [0.3, 0.4) is 0 Å². The van der Waals surface area contributed by atoms with Crippen molar-refractivity contribution < 1.29 is 4.74 Å². The van der Waals surface area contributed by atoms with E-state index in [1.165, 1.54) is 21.9 Å². The van der Waals surface area contributed by atoms with E-state index in [1.807, 2.05) is 6.07 Å². The first-order valence-corrected chi connectivity index (χ1v) is 9.36. The van der Waals surface area contributed by atoms with E-state index < -0.39 is 0 Å². The van der Waals surface area contributed by atoms with E-state index >= 15 is 0 Å². The van der Waals surface area contributed by atoms with Crippen molar-refractivity contribution in [2.24, 2.45) is 0 Å². The Labute approximate surface area is 166 Å². The Morgan fingerprint density at radius 3 is 2.18 bits per heavy atom. The Morgan fingerprint density at radius 1 is 0.714 bits per heavy atom. The van der Waals surface area contributed by atoms with Gasteiger partial charge in [0.2, 0.25) is 0 Å². The first-order valence-electron chi connectivity index (χ1n) is 9.36. The molecule has 0 amide bonds. The molecular weight excluding hydrogens is 342 g/mol. The van der Waals surface area contributed by atoms with Gasteiger partial charge in [0.1, 0.15) is 5.76 Å². The molecule has 4 aromatic rings. The molecule has 0 fully saturated rings. The normalized spacial score (nSPS) is 10.6. The molecule has 0 aliphatic rings. The van der Waals surface area contributed by atoms with E-state index in [-0.39, 0.29) is 0 Å². The van der Waals surface area contributed by atoms with Gasteiger partial charge in [-0.3, -0.25) is 0 Å². The van der Waals surface area contributed by atoms with Crippen LogP contribution >= 0.6 is 0 Å². The Bertz CT molecular complexity index is 1160. The quantitative estimate of drug-likeness (QED) is 0.378. The lowest BCUT2D eigenvalue weighted by molar-refractivity contribution is 0.371. The molecule has 0 spiro atoms. The molecule has 28 heavy (non-hydrogen) atoms. The third-order valence-electron chi connectivity index (χ3n) is 5.10. The van der Waals surface area contributed by atoms with Crippen LogP contribution in [0.5, 0.6) is 0 Å². The minimum absolute atomic E-state index is 0.668. The van der Waals surface area contributed by atoms with Crippen LogP contribution in [0.2, 0.25) is 0 Å². The molecule has 138 valence electrons. The summed E-state index contributed by atoms with van der Waals surface area (Å²) in [4.78, 5) is 0. The van der Waals surface area contributed by atoms with Crippen LogP contribution in [0.4, 0.5) is 11.4 Å². The van der Waals surface area contributed by atoms with Crippen LogP contribution in [0.25, 0.3) is 27.7 Å². The van der Waals surface area contributed by atoms with Gasteiger partial charge in [-0.05, 0) is 41.1 Å². The molecule has 1 N–H and O–H groups in total. The van der Waals surface area contributed by atoms with Gasteiger partial charge >= 0.3 is 0 Å². The molecule has 0 aromatic heterocycles. The second kappa shape index (κ2) is 7.61. The molecule has 0 saturated heterocycles. The molecule has 0 aliphatic heterocycles. The van der Waals surface area contributed by atoms with Gasteiger partial charge in [0.15, 0.2) is 0 Å². The summed E-state index contributed by atoms with van der Waals surface area (Å²) in [5, 5.41) is 5.97. The largest absolute Gasteiger partial charge is 0.497 e. The summed E-state index contributed by atoms with van der Waals surface area (Å²) in [6, 6.07) is 29.4. The van der Waals surface area contributed by atoms with Crippen molar-refractivity contribution in [2.45, 2.75) is 6.92 Å². The van der Waals surface area contributed by atoms with Gasteiger partial charge in [-0.25, -0.2) is 0 Å². The van der Waals surface area contributed by atoms with Crippen LogP contribution in [-0.2, 0) is 4.74 Å². The number of rotatable bonds is 5. The Kier molecular flexibility index (Phi) is 4.86. The summed E-state index contributed by atoms with van der Waals surface area (Å²) in [6.45, 7) is 6.17. The third kappa shape index (κ3) is 3.25. The van der Waals surface area contributed by atoms with Crippen molar-refractivity contribution in [3.8, 4) is 11.1 Å². The van der Waals surface area contributed by atoms with Crippen molar-refractivity contribution in [2.75, 3.05) is 12.4 Å². The fraction of sp³-hybridized carbons (Fsp3) is 0.0769. The molecule has 2 heteroatoms. The number of para-hydroxylation sites is 1. The highest BCUT2D eigenvalue weighted by atomic mass is 16.5. The lowest BCUT2D eigenvalue weighted by Gasteiger charge is -2.17. The molecule has 0 radical (unpaired) electrons. The van der Waals surface area contributed by atoms with Crippen molar-refractivity contribution in [3.63, 3.8) is 0 Å². The molecule has 0 saturated carbocycles. The van der Waals surface area contributed by atoms with Crippen LogP contribution in [0.1, 0.15) is 11.1 Å². The third-order valence-corrected chi connectivity index (χ3v) is 5.10. The van der Waals surface area contributed by atoms with Crippen molar-refractivity contribution in [1.82, 2.24) is 0 Å². The SMILES string of the molecule is C=C(OC)c1ccccc1-c1ccc(Nc2ccccc2C)c2ccccc12. The topological polar surface area (TPSA) is 21.3 Å². The maximum absolute atomic E-state index is 5.42. The van der Waals surface area contributed by atoms with Gasteiger partial charge in [-0.15, -0.1) is 0 Å². The average Bonchev–Trinajstić information content (AvgIpc) is 2.75. The summed E-state index contributed by atoms with van der Waals surface area (Å²) >= 11 is 0. The predicted molar refractivity (Wildman–Crippen MR) is 120 cm³/mol. The average molecular weight is 365 g/mol. The molecule has 0 heterocycles. The smallest absolute Gasteiger partial charge is 0.119 e. The van der Waals surface area contributed by atoms with Gasteiger partial charge in [0, 0.05) is 22.3 Å². The van der Waals surface area contributed by atoms with Crippen LogP contribution in [0.15, 0.2) is 91.5 Å². The zero-order valence-electron chi connectivity index (χ0n) is 16.2. The molecule has 0 bridgehead atoms. The van der Waals surface area contributed by atoms with Gasteiger partial charge in [0.05, 0.1) is 7.11 Å². The molecule has 4 aromatic carbocycles. The highest BCUT2D eigenvalue weighted by molar-refractivity contribution is 6.05. The van der Waals surface area contributed by atoms with Crippen LogP contribution in [0, 0.1) is 6.92 Å². The first-order chi connectivity index (χ1) is 13.7. The summed E-state index contributed by atoms with van der Waals surface area (Å²) in [7, 11) is 1.66. The van der Waals surface area contributed by atoms with E-state index in [4.69, 9.17) is 4.74 Å². The maximum Gasteiger partial charge on any atom is 0.119 e. The fourth-order valence-electron chi connectivity index (χ4n) is 3.57. The van der Waals surface area contributed by atoms with Crippen LogP contribution in [-0.4, -0.2) is 7.11 Å². The Hall–Kier alpha value is -3.52. The van der Waals surface area contributed by atoms with Gasteiger partial charge in [-0.2, -0.15) is 0 Å². The standard InChI is InChI=1S/C26H23NO/c1-18-10-4-9-15-25(18)27-26-17-16-23(22-13-7-8-14-24(22)26)21-12-6-5-11-20(21)19(2)28-3/h4-17,27H,2H2,1,3H3. The van der Waals surface area contributed by atoms with Crippen molar-refractivity contribution in [1.29, 1.82) is 0 Å². The minimum Gasteiger partial charge on any atom is -0.497 e. The van der Waals surface area contributed by atoms with E-state index in [2.05, 4.69) is 97.7 Å². The Balaban J connectivity index is 1.88. The van der Waals surface area contributed by atoms with E-state index in [9.17, 15) is 0 Å². The second-order valence-electron chi connectivity index (χ2n) is 6.82. The number of fused-ring (bicyclic) bond motifs is 1. The predicted octanol–water partition coefficient (Wildman–Crippen LogP) is 7.18. The van der Waals surface area contributed by atoms with Gasteiger partial charge in [0.25, 0.3) is 0 Å². The number of ether oxygens (including phenoxy) is 1. The number of methoxy groups -OCH3 is 1. The second-order valence-corrected chi connectivity index (χ2v) is 6.82. The molecule has 0 unspecified atom stereocenters. The summed E-state index contributed by atoms with van der Waals surface area (Å²) in [6.07, 6.45) is 0. The highest BCUT2D eigenvalue weighted by Gasteiger charge is 2.13. The van der Waals surface area contributed by atoms with E-state index in [0.29, 0.717) is 5.76 Å². The Morgan fingerprint density at radius 2 is 1.39 bits per heavy atom. The molecule has 0 aliphatic carbocycles. The summed E-state index contributed by atoms with van der Waals surface area (Å²) in [5.74, 6) is 0.668. The van der Waals surface area contributed by atoms with Crippen LogP contribution < -0.4 is 5.32 Å². The van der Waals surface area contributed by atoms with Gasteiger partial charge in [-0.1, -0.05) is 79.4 Å². The number of aryl methyl sites for hydroxylation is 1. The fourth-order valence-corrected chi connectivity index (χ4v) is 3.57.